The Hall–Kier alpha value is -1.52. The summed E-state index contributed by atoms with van der Waals surface area (Å²) in [6, 6.07) is 5.97. The number of ether oxygens (including phenoxy) is 3. The average molecular weight is 277 g/mol. The van der Waals surface area contributed by atoms with Gasteiger partial charge in [0.2, 0.25) is 0 Å². The predicted octanol–water partition coefficient (Wildman–Crippen LogP) is 3.86. The zero-order chi connectivity index (χ0) is 14.6. The van der Waals surface area contributed by atoms with Crippen LogP contribution in [0.4, 0.5) is 0 Å². The predicted molar refractivity (Wildman–Crippen MR) is 80.0 cm³/mol. The first-order valence-electron chi connectivity index (χ1n) is 7.08. The summed E-state index contributed by atoms with van der Waals surface area (Å²) in [4.78, 5) is 3.27. The quantitative estimate of drug-likeness (QED) is 0.782. The van der Waals surface area contributed by atoms with E-state index in [1.54, 1.807) is 14.2 Å². The SMILES string of the molecule is CCCC(OC)(OC)Oc1cccc2[nH]cc(CC)c12. The molecule has 1 N–H and O–H groups in total. The fraction of sp³-hybridized carbons (Fsp3) is 0.500. The lowest BCUT2D eigenvalue weighted by atomic mass is 10.1. The van der Waals surface area contributed by atoms with Crippen LogP contribution in [0.3, 0.4) is 0 Å². The maximum absolute atomic E-state index is 6.09. The van der Waals surface area contributed by atoms with E-state index in [9.17, 15) is 0 Å². The second-order valence-electron chi connectivity index (χ2n) is 4.79. The third kappa shape index (κ3) is 2.67. The highest BCUT2D eigenvalue weighted by molar-refractivity contribution is 5.89. The van der Waals surface area contributed by atoms with Crippen LogP contribution >= 0.6 is 0 Å². The van der Waals surface area contributed by atoms with Crippen LogP contribution in [0.5, 0.6) is 5.75 Å². The molecule has 4 heteroatoms. The van der Waals surface area contributed by atoms with Crippen molar-refractivity contribution in [1.29, 1.82) is 0 Å². The van der Waals surface area contributed by atoms with E-state index in [0.717, 1.165) is 29.5 Å². The Morgan fingerprint density at radius 2 is 1.90 bits per heavy atom. The third-order valence-corrected chi connectivity index (χ3v) is 3.57. The van der Waals surface area contributed by atoms with Crippen LogP contribution < -0.4 is 4.74 Å². The molecular weight excluding hydrogens is 254 g/mol. The van der Waals surface area contributed by atoms with Gasteiger partial charge < -0.3 is 19.2 Å². The number of nitrogens with one attached hydrogen (secondary N) is 1. The molecular formula is C16H23NO3. The zero-order valence-corrected chi connectivity index (χ0v) is 12.7. The van der Waals surface area contributed by atoms with Gasteiger partial charge >= 0.3 is 5.97 Å². The van der Waals surface area contributed by atoms with Gasteiger partial charge in [0.05, 0.1) is 0 Å². The van der Waals surface area contributed by atoms with Crippen LogP contribution in [0.25, 0.3) is 10.9 Å². The lowest BCUT2D eigenvalue weighted by molar-refractivity contribution is -0.324. The van der Waals surface area contributed by atoms with Crippen molar-refractivity contribution in [3.05, 3.63) is 30.0 Å². The molecule has 0 aliphatic carbocycles. The lowest BCUT2D eigenvalue weighted by Crippen LogP contribution is -2.40. The van der Waals surface area contributed by atoms with Gasteiger partial charge in [0.15, 0.2) is 0 Å². The van der Waals surface area contributed by atoms with Crippen LogP contribution in [0.1, 0.15) is 32.3 Å². The fourth-order valence-electron chi connectivity index (χ4n) is 2.48. The normalized spacial score (nSPS) is 12.0. The van der Waals surface area contributed by atoms with E-state index in [-0.39, 0.29) is 0 Å². The Balaban J connectivity index is 2.44. The number of benzene rings is 1. The molecule has 0 spiro atoms. The molecule has 0 amide bonds. The topological polar surface area (TPSA) is 43.5 Å². The smallest absolute Gasteiger partial charge is 0.326 e. The van der Waals surface area contributed by atoms with E-state index in [1.165, 1.54) is 5.56 Å². The van der Waals surface area contributed by atoms with Gasteiger partial charge in [-0.2, -0.15) is 0 Å². The van der Waals surface area contributed by atoms with Crippen molar-refractivity contribution in [2.24, 2.45) is 0 Å². The van der Waals surface area contributed by atoms with Gasteiger partial charge in [-0.1, -0.05) is 19.9 Å². The Bertz CT molecular complexity index is 558. The molecule has 0 fully saturated rings. The van der Waals surface area contributed by atoms with Crippen molar-refractivity contribution in [2.75, 3.05) is 14.2 Å². The molecule has 1 heterocycles. The number of aryl methyl sites for hydroxylation is 1. The Morgan fingerprint density at radius 3 is 2.50 bits per heavy atom. The first-order valence-corrected chi connectivity index (χ1v) is 7.08. The summed E-state index contributed by atoms with van der Waals surface area (Å²) in [7, 11) is 3.22. The number of H-pyrrole nitrogens is 1. The van der Waals surface area contributed by atoms with Gasteiger partial charge in [0, 0.05) is 37.7 Å². The largest absolute Gasteiger partial charge is 0.438 e. The highest BCUT2D eigenvalue weighted by Crippen LogP contribution is 2.33. The lowest BCUT2D eigenvalue weighted by Gasteiger charge is -2.31. The van der Waals surface area contributed by atoms with Gasteiger partial charge in [-0.05, 0) is 30.5 Å². The van der Waals surface area contributed by atoms with Crippen LogP contribution in [-0.4, -0.2) is 25.2 Å². The first kappa shape index (κ1) is 14.9. The Morgan fingerprint density at radius 1 is 1.15 bits per heavy atom. The maximum Gasteiger partial charge on any atom is 0.326 e. The highest BCUT2D eigenvalue weighted by atomic mass is 16.9. The summed E-state index contributed by atoms with van der Waals surface area (Å²) in [5.41, 5.74) is 2.30. The summed E-state index contributed by atoms with van der Waals surface area (Å²) in [5, 5.41) is 1.10. The minimum Gasteiger partial charge on any atom is -0.438 e. The Kier molecular flexibility index (Phi) is 4.68. The summed E-state index contributed by atoms with van der Waals surface area (Å²) in [5.74, 6) is -0.233. The summed E-state index contributed by atoms with van der Waals surface area (Å²) in [6.07, 6.45) is 4.55. The van der Waals surface area contributed by atoms with Gasteiger partial charge in [0.1, 0.15) is 5.75 Å². The summed E-state index contributed by atoms with van der Waals surface area (Å²) in [6.45, 7) is 4.20. The van der Waals surface area contributed by atoms with E-state index in [1.807, 2.05) is 24.4 Å². The van der Waals surface area contributed by atoms with Crippen molar-refractivity contribution in [3.8, 4) is 5.75 Å². The molecule has 110 valence electrons. The van der Waals surface area contributed by atoms with E-state index in [0.29, 0.717) is 6.42 Å². The van der Waals surface area contributed by atoms with E-state index < -0.39 is 5.97 Å². The number of methoxy groups -OCH3 is 2. The first-order chi connectivity index (χ1) is 9.69. The molecule has 0 atom stereocenters. The second-order valence-corrected chi connectivity index (χ2v) is 4.79. The molecule has 20 heavy (non-hydrogen) atoms. The van der Waals surface area contributed by atoms with Crippen molar-refractivity contribution in [3.63, 3.8) is 0 Å². The van der Waals surface area contributed by atoms with E-state index in [4.69, 9.17) is 14.2 Å². The van der Waals surface area contributed by atoms with Gasteiger partial charge in [-0.25, -0.2) is 0 Å². The summed E-state index contributed by atoms with van der Waals surface area (Å²) < 4.78 is 17.0. The monoisotopic (exact) mass is 277 g/mol. The number of hydrogen-bond donors (Lipinski definition) is 1. The van der Waals surface area contributed by atoms with Crippen LogP contribution in [-0.2, 0) is 15.9 Å². The molecule has 2 rings (SSSR count). The molecule has 4 nitrogen and oxygen atoms in total. The number of rotatable bonds is 7. The highest BCUT2D eigenvalue weighted by Gasteiger charge is 2.32. The minimum atomic E-state index is -1.02. The van der Waals surface area contributed by atoms with Crippen LogP contribution in [0, 0.1) is 0 Å². The average Bonchev–Trinajstić information content (AvgIpc) is 2.91. The molecule has 0 saturated heterocycles. The molecule has 0 aliphatic heterocycles. The Labute approximate surface area is 120 Å². The fourth-order valence-corrected chi connectivity index (χ4v) is 2.48. The van der Waals surface area contributed by atoms with Gasteiger partial charge in [-0.15, -0.1) is 0 Å². The third-order valence-electron chi connectivity index (χ3n) is 3.57. The molecule has 0 radical (unpaired) electrons. The standard InChI is InChI=1S/C16H23NO3/c1-5-10-16(18-3,19-4)20-14-9-7-8-13-15(14)12(6-2)11-17-13/h7-9,11,17H,5-6,10H2,1-4H3. The van der Waals surface area contributed by atoms with Crippen molar-refractivity contribution in [1.82, 2.24) is 4.98 Å². The minimum absolute atomic E-state index is 0.669. The van der Waals surface area contributed by atoms with Gasteiger partial charge in [0.25, 0.3) is 0 Å². The molecule has 2 aromatic rings. The van der Waals surface area contributed by atoms with E-state index >= 15 is 0 Å². The van der Waals surface area contributed by atoms with E-state index in [2.05, 4.69) is 18.8 Å². The molecule has 0 unspecified atom stereocenters. The second kappa shape index (κ2) is 6.29. The summed E-state index contributed by atoms with van der Waals surface area (Å²) >= 11 is 0. The molecule has 1 aromatic carbocycles. The zero-order valence-electron chi connectivity index (χ0n) is 12.7. The molecule has 0 saturated carbocycles. The maximum atomic E-state index is 6.09. The van der Waals surface area contributed by atoms with Crippen LogP contribution in [0.15, 0.2) is 24.4 Å². The van der Waals surface area contributed by atoms with Crippen molar-refractivity contribution in [2.45, 2.75) is 39.1 Å². The number of fused-ring (bicyclic) bond motifs is 1. The number of aromatic nitrogens is 1. The molecule has 1 aromatic heterocycles. The molecule has 0 aliphatic rings. The van der Waals surface area contributed by atoms with Crippen molar-refractivity contribution < 1.29 is 14.2 Å². The number of aromatic amines is 1. The van der Waals surface area contributed by atoms with Crippen molar-refractivity contribution >= 4 is 10.9 Å². The molecule has 0 bridgehead atoms. The van der Waals surface area contributed by atoms with Crippen LogP contribution in [0.2, 0.25) is 0 Å². The number of hydrogen-bond acceptors (Lipinski definition) is 3. The van der Waals surface area contributed by atoms with Gasteiger partial charge in [-0.3, -0.25) is 0 Å².